The summed E-state index contributed by atoms with van der Waals surface area (Å²) in [4.78, 5) is 14.4. The zero-order chi connectivity index (χ0) is 23.9. The Morgan fingerprint density at radius 2 is 1.45 bits per heavy atom. The van der Waals surface area contributed by atoms with Gasteiger partial charge in [-0.3, -0.25) is 13.9 Å². The number of nitrogens with one attached hydrogen (secondary N) is 1. The molecule has 0 fully saturated rings. The first-order chi connectivity index (χ1) is 15.6. The van der Waals surface area contributed by atoms with Crippen LogP contribution in [-0.2, 0) is 24.1 Å². The lowest BCUT2D eigenvalue weighted by molar-refractivity contribution is 0.601. The number of aryl methyl sites for hydroxylation is 3. The molecule has 0 bridgehead atoms. The van der Waals surface area contributed by atoms with Gasteiger partial charge in [-0.05, 0) is 54.8 Å². The van der Waals surface area contributed by atoms with Crippen LogP contribution < -0.4 is 10.4 Å². The normalized spacial score (nSPS) is 11.9. The Kier molecular flexibility index (Phi) is 6.16. The molecule has 33 heavy (non-hydrogen) atoms. The van der Waals surface area contributed by atoms with E-state index in [1.165, 1.54) is 16.3 Å². The molecule has 172 valence electrons. The van der Waals surface area contributed by atoms with Gasteiger partial charge in [-0.2, -0.15) is 0 Å². The Labute approximate surface area is 198 Å². The molecular formula is C25H27N3O3S2. The number of hydrogen-bond acceptors (Lipinski definition) is 4. The standard InChI is InChI=1S/C25H27N3O3S2/c1-16(2)18-8-12-20(13-9-18)33(30,31)26-21-14-22-23(28(5)25(29)27(22)4)15-24(21)32-19-10-6-17(3)7-11-19/h6-16,26H,1-5H3. The first-order valence-electron chi connectivity index (χ1n) is 10.6. The summed E-state index contributed by atoms with van der Waals surface area (Å²) in [6.07, 6.45) is 0. The monoisotopic (exact) mass is 481 g/mol. The molecule has 0 aliphatic carbocycles. The van der Waals surface area contributed by atoms with Gasteiger partial charge >= 0.3 is 5.69 Å². The van der Waals surface area contributed by atoms with Gasteiger partial charge in [0.25, 0.3) is 10.0 Å². The number of nitrogens with zero attached hydrogens (tertiary/aromatic N) is 2. The molecule has 0 saturated heterocycles. The van der Waals surface area contributed by atoms with E-state index in [1.807, 2.05) is 49.4 Å². The molecule has 0 atom stereocenters. The maximum Gasteiger partial charge on any atom is 0.328 e. The van der Waals surface area contributed by atoms with E-state index in [-0.39, 0.29) is 10.6 Å². The fourth-order valence-corrected chi connectivity index (χ4v) is 5.71. The van der Waals surface area contributed by atoms with Crippen molar-refractivity contribution in [3.8, 4) is 0 Å². The lowest BCUT2D eigenvalue weighted by Crippen LogP contribution is -2.19. The van der Waals surface area contributed by atoms with Crippen LogP contribution in [0.2, 0.25) is 0 Å². The smallest absolute Gasteiger partial charge is 0.295 e. The van der Waals surface area contributed by atoms with Crippen molar-refractivity contribution in [2.75, 3.05) is 4.72 Å². The van der Waals surface area contributed by atoms with E-state index in [0.29, 0.717) is 17.1 Å². The van der Waals surface area contributed by atoms with Crippen molar-refractivity contribution in [3.63, 3.8) is 0 Å². The predicted molar refractivity (Wildman–Crippen MR) is 135 cm³/mol. The van der Waals surface area contributed by atoms with E-state index in [0.717, 1.165) is 26.4 Å². The molecule has 1 aromatic heterocycles. The minimum atomic E-state index is -3.82. The highest BCUT2D eigenvalue weighted by Crippen LogP contribution is 2.37. The molecule has 6 nitrogen and oxygen atoms in total. The molecule has 3 aromatic carbocycles. The van der Waals surface area contributed by atoms with Crippen LogP contribution in [0.1, 0.15) is 30.9 Å². The summed E-state index contributed by atoms with van der Waals surface area (Å²) in [6.45, 7) is 6.15. The van der Waals surface area contributed by atoms with E-state index in [9.17, 15) is 13.2 Å². The highest BCUT2D eigenvalue weighted by Gasteiger charge is 2.20. The topological polar surface area (TPSA) is 73.1 Å². The summed E-state index contributed by atoms with van der Waals surface area (Å²) in [5.41, 5.74) is 3.88. The zero-order valence-corrected chi connectivity index (χ0v) is 20.9. The third kappa shape index (κ3) is 4.58. The lowest BCUT2D eigenvalue weighted by atomic mass is 10.0. The van der Waals surface area contributed by atoms with E-state index in [2.05, 4.69) is 18.6 Å². The molecule has 8 heteroatoms. The molecule has 1 N–H and O–H groups in total. The Hall–Kier alpha value is -2.97. The number of anilines is 1. The molecule has 0 radical (unpaired) electrons. The summed E-state index contributed by atoms with van der Waals surface area (Å²) in [6, 6.07) is 18.5. The van der Waals surface area contributed by atoms with Crippen LogP contribution in [0.25, 0.3) is 11.0 Å². The van der Waals surface area contributed by atoms with Gasteiger partial charge in [-0.25, -0.2) is 13.2 Å². The SMILES string of the molecule is Cc1ccc(Sc2cc3c(cc2NS(=O)(=O)c2ccc(C(C)C)cc2)n(C)c(=O)n3C)cc1. The molecule has 0 amide bonds. The van der Waals surface area contributed by atoms with Crippen molar-refractivity contribution in [3.05, 3.63) is 82.3 Å². The number of fused-ring (bicyclic) bond motifs is 1. The second kappa shape index (κ2) is 8.76. The fraction of sp³-hybridized carbons (Fsp3) is 0.240. The third-order valence-electron chi connectivity index (χ3n) is 5.72. The number of hydrogen-bond donors (Lipinski definition) is 1. The Morgan fingerprint density at radius 3 is 2.03 bits per heavy atom. The molecule has 0 spiro atoms. The number of rotatable bonds is 6. The van der Waals surface area contributed by atoms with Gasteiger partial charge in [0.2, 0.25) is 0 Å². The van der Waals surface area contributed by atoms with Gasteiger partial charge in [0, 0.05) is 23.9 Å². The van der Waals surface area contributed by atoms with E-state index < -0.39 is 10.0 Å². The summed E-state index contributed by atoms with van der Waals surface area (Å²) in [5.74, 6) is 0.314. The molecule has 1 heterocycles. The Morgan fingerprint density at radius 1 is 0.879 bits per heavy atom. The van der Waals surface area contributed by atoms with Gasteiger partial charge in [-0.1, -0.05) is 55.4 Å². The van der Waals surface area contributed by atoms with Crippen molar-refractivity contribution < 1.29 is 8.42 Å². The first kappa shape index (κ1) is 23.2. The van der Waals surface area contributed by atoms with Crippen molar-refractivity contribution in [1.82, 2.24) is 9.13 Å². The van der Waals surface area contributed by atoms with Crippen molar-refractivity contribution in [2.24, 2.45) is 14.1 Å². The van der Waals surface area contributed by atoms with Crippen molar-refractivity contribution >= 4 is 38.5 Å². The van der Waals surface area contributed by atoms with Gasteiger partial charge in [0.05, 0.1) is 21.6 Å². The minimum Gasteiger partial charge on any atom is -0.295 e. The molecule has 0 aliphatic heterocycles. The Bertz CT molecular complexity index is 1480. The maximum atomic E-state index is 13.2. The average molecular weight is 482 g/mol. The quantitative estimate of drug-likeness (QED) is 0.408. The number of aromatic nitrogens is 2. The summed E-state index contributed by atoms with van der Waals surface area (Å²) in [7, 11) is -0.425. The second-order valence-corrected chi connectivity index (χ2v) is 11.3. The van der Waals surface area contributed by atoms with E-state index in [1.54, 1.807) is 36.9 Å². The van der Waals surface area contributed by atoms with E-state index >= 15 is 0 Å². The molecule has 0 saturated carbocycles. The van der Waals surface area contributed by atoms with Gasteiger partial charge in [0.15, 0.2) is 0 Å². The number of sulfonamides is 1. The van der Waals surface area contributed by atoms with Crippen molar-refractivity contribution in [2.45, 2.75) is 41.4 Å². The van der Waals surface area contributed by atoms with Gasteiger partial charge in [-0.15, -0.1) is 0 Å². The van der Waals surface area contributed by atoms with Gasteiger partial charge < -0.3 is 0 Å². The lowest BCUT2D eigenvalue weighted by Gasteiger charge is -2.14. The molecular weight excluding hydrogens is 454 g/mol. The zero-order valence-electron chi connectivity index (χ0n) is 19.3. The Balaban J connectivity index is 1.81. The predicted octanol–water partition coefficient (Wildman–Crippen LogP) is 5.26. The summed E-state index contributed by atoms with van der Waals surface area (Å²) < 4.78 is 32.3. The van der Waals surface area contributed by atoms with Crippen LogP contribution >= 0.6 is 11.8 Å². The highest BCUT2D eigenvalue weighted by atomic mass is 32.2. The number of benzene rings is 3. The van der Waals surface area contributed by atoms with Crippen LogP contribution in [0.5, 0.6) is 0 Å². The van der Waals surface area contributed by atoms with Crippen LogP contribution in [-0.4, -0.2) is 17.6 Å². The molecule has 4 rings (SSSR count). The summed E-state index contributed by atoms with van der Waals surface area (Å²) >= 11 is 1.45. The largest absolute Gasteiger partial charge is 0.328 e. The van der Waals surface area contributed by atoms with Crippen LogP contribution in [0.15, 0.2) is 80.1 Å². The first-order valence-corrected chi connectivity index (χ1v) is 12.9. The van der Waals surface area contributed by atoms with Crippen LogP contribution in [0, 0.1) is 6.92 Å². The summed E-state index contributed by atoms with van der Waals surface area (Å²) in [5, 5.41) is 0. The molecule has 4 aromatic rings. The second-order valence-electron chi connectivity index (χ2n) is 8.48. The maximum absolute atomic E-state index is 13.2. The average Bonchev–Trinajstić information content (AvgIpc) is 2.99. The van der Waals surface area contributed by atoms with Gasteiger partial charge in [0.1, 0.15) is 0 Å². The third-order valence-corrected chi connectivity index (χ3v) is 8.17. The highest BCUT2D eigenvalue weighted by molar-refractivity contribution is 7.99. The van der Waals surface area contributed by atoms with Crippen molar-refractivity contribution in [1.29, 1.82) is 0 Å². The fourth-order valence-electron chi connectivity index (χ4n) is 3.66. The molecule has 0 unspecified atom stereocenters. The minimum absolute atomic E-state index is 0.166. The number of imidazole rings is 1. The van der Waals surface area contributed by atoms with Crippen LogP contribution in [0.4, 0.5) is 5.69 Å². The van der Waals surface area contributed by atoms with Crippen LogP contribution in [0.3, 0.4) is 0 Å². The van der Waals surface area contributed by atoms with E-state index in [4.69, 9.17) is 0 Å². The molecule has 0 aliphatic rings.